The van der Waals surface area contributed by atoms with Gasteiger partial charge in [0.15, 0.2) is 5.82 Å². The number of aliphatic imine (C=N–C) groups is 1. The Kier molecular flexibility index (Phi) is 7.01. The van der Waals surface area contributed by atoms with Crippen LogP contribution >= 0.6 is 11.3 Å². The van der Waals surface area contributed by atoms with Crippen LogP contribution in [-0.4, -0.2) is 48.4 Å². The lowest BCUT2D eigenvalue weighted by molar-refractivity contribution is 0.103. The van der Waals surface area contributed by atoms with Gasteiger partial charge in [-0.3, -0.25) is 9.78 Å². The molecule has 3 aromatic heterocycles. The fourth-order valence-electron chi connectivity index (χ4n) is 3.95. The van der Waals surface area contributed by atoms with E-state index in [2.05, 4.69) is 20.2 Å². The van der Waals surface area contributed by atoms with Crippen LogP contribution in [0.15, 0.2) is 72.0 Å². The number of rotatable bonds is 6. The van der Waals surface area contributed by atoms with E-state index in [4.69, 9.17) is 15.5 Å². The Bertz CT molecular complexity index is 1440. The molecule has 8 nitrogen and oxygen atoms in total. The van der Waals surface area contributed by atoms with Gasteiger partial charge in [0.05, 0.1) is 34.0 Å². The van der Waals surface area contributed by atoms with Crippen molar-refractivity contribution in [3.05, 3.63) is 83.0 Å². The van der Waals surface area contributed by atoms with E-state index < -0.39 is 0 Å². The monoisotopic (exact) mass is 498 g/mol. The fraction of sp³-hybridized carbons (Fsp3) is 0.185. The Morgan fingerprint density at radius 2 is 1.97 bits per heavy atom. The maximum atomic E-state index is 12.9. The number of anilines is 2. The van der Waals surface area contributed by atoms with Crippen LogP contribution in [-0.2, 0) is 4.74 Å². The van der Waals surface area contributed by atoms with Crippen LogP contribution in [0.1, 0.15) is 20.8 Å². The number of ether oxygens (including phenoxy) is 1. The predicted molar refractivity (Wildman–Crippen MR) is 146 cm³/mol. The highest BCUT2D eigenvalue weighted by Crippen LogP contribution is 2.36. The van der Waals surface area contributed by atoms with E-state index in [1.807, 2.05) is 43.3 Å². The maximum absolute atomic E-state index is 12.9. The van der Waals surface area contributed by atoms with E-state index in [0.717, 1.165) is 40.1 Å². The first-order valence-corrected chi connectivity index (χ1v) is 12.4. The molecule has 4 heterocycles. The first-order valence-electron chi connectivity index (χ1n) is 11.6. The molecule has 5 rings (SSSR count). The Labute approximate surface area is 213 Å². The molecule has 0 unspecified atom stereocenters. The average Bonchev–Trinajstić information content (AvgIpc) is 3.34. The van der Waals surface area contributed by atoms with Crippen molar-refractivity contribution in [1.29, 1.82) is 0 Å². The number of carbonyl (C=O) groups excluding carboxylic acids is 1. The number of hydrogen-bond donors (Lipinski definition) is 2. The second-order valence-electron chi connectivity index (χ2n) is 8.38. The summed E-state index contributed by atoms with van der Waals surface area (Å²) in [5.41, 5.74) is 11.4. The molecule has 0 saturated carbocycles. The lowest BCUT2D eigenvalue weighted by atomic mass is 10.1. The van der Waals surface area contributed by atoms with Crippen molar-refractivity contribution in [3.63, 3.8) is 0 Å². The molecule has 1 aliphatic heterocycles. The minimum atomic E-state index is -0.184. The van der Waals surface area contributed by atoms with Gasteiger partial charge >= 0.3 is 0 Å². The number of amides is 1. The third-order valence-electron chi connectivity index (χ3n) is 5.77. The molecule has 1 aromatic carbocycles. The molecule has 1 amide bonds. The van der Waals surface area contributed by atoms with Crippen molar-refractivity contribution in [2.45, 2.75) is 6.92 Å². The second kappa shape index (κ2) is 10.7. The summed E-state index contributed by atoms with van der Waals surface area (Å²) >= 11 is 1.42. The number of pyridine rings is 2. The summed E-state index contributed by atoms with van der Waals surface area (Å²) < 4.78 is 6.49. The van der Waals surface area contributed by atoms with Crippen LogP contribution < -0.4 is 16.0 Å². The SMILES string of the molecule is Cc1cccc(/C(N)=C/C=Nc2cc(N3CCOCC3)c3sc(C(=O)Nc4ccncc4)cc3n2)c1. The van der Waals surface area contributed by atoms with Crippen LogP contribution in [0.2, 0.25) is 0 Å². The molecule has 36 heavy (non-hydrogen) atoms. The highest BCUT2D eigenvalue weighted by Gasteiger charge is 2.20. The van der Waals surface area contributed by atoms with Gasteiger partial charge in [0.1, 0.15) is 0 Å². The molecule has 0 aliphatic carbocycles. The second-order valence-corrected chi connectivity index (χ2v) is 9.44. The zero-order chi connectivity index (χ0) is 24.9. The Balaban J connectivity index is 1.47. The lowest BCUT2D eigenvalue weighted by Crippen LogP contribution is -2.36. The van der Waals surface area contributed by atoms with E-state index in [0.29, 0.717) is 35.3 Å². The molecule has 0 radical (unpaired) electrons. The van der Waals surface area contributed by atoms with Crippen molar-refractivity contribution in [1.82, 2.24) is 9.97 Å². The van der Waals surface area contributed by atoms with Gasteiger partial charge in [-0.2, -0.15) is 0 Å². The number of carbonyl (C=O) groups is 1. The smallest absolute Gasteiger partial charge is 0.265 e. The summed E-state index contributed by atoms with van der Waals surface area (Å²) in [4.78, 5) is 29.0. The van der Waals surface area contributed by atoms with Crippen LogP contribution in [0.5, 0.6) is 0 Å². The van der Waals surface area contributed by atoms with Crippen molar-refractivity contribution in [2.24, 2.45) is 10.7 Å². The molecule has 1 aliphatic rings. The average molecular weight is 499 g/mol. The molecule has 1 saturated heterocycles. The quantitative estimate of drug-likeness (QED) is 0.370. The minimum Gasteiger partial charge on any atom is -0.398 e. The highest BCUT2D eigenvalue weighted by atomic mass is 32.1. The van der Waals surface area contributed by atoms with Crippen LogP contribution in [0.25, 0.3) is 15.9 Å². The molecule has 1 fully saturated rings. The topological polar surface area (TPSA) is 106 Å². The van der Waals surface area contributed by atoms with Gasteiger partial charge in [0.2, 0.25) is 0 Å². The number of thiophene rings is 1. The maximum Gasteiger partial charge on any atom is 0.265 e. The van der Waals surface area contributed by atoms with Crippen LogP contribution in [0.3, 0.4) is 0 Å². The number of fused-ring (bicyclic) bond motifs is 1. The number of nitrogens with one attached hydrogen (secondary N) is 1. The van der Waals surface area contributed by atoms with Gasteiger partial charge in [-0.05, 0) is 42.8 Å². The van der Waals surface area contributed by atoms with Gasteiger partial charge in [0.25, 0.3) is 5.91 Å². The molecule has 3 N–H and O–H groups in total. The first kappa shape index (κ1) is 23.7. The first-order chi connectivity index (χ1) is 17.6. The Hall–Kier alpha value is -4.08. The van der Waals surface area contributed by atoms with Gasteiger partial charge < -0.3 is 20.7 Å². The van der Waals surface area contributed by atoms with Crippen molar-refractivity contribution in [2.75, 3.05) is 36.5 Å². The lowest BCUT2D eigenvalue weighted by Gasteiger charge is -2.29. The van der Waals surface area contributed by atoms with Crippen LogP contribution in [0, 0.1) is 6.92 Å². The number of morpholine rings is 1. The summed E-state index contributed by atoms with van der Waals surface area (Å²) in [6.07, 6.45) is 6.72. The summed E-state index contributed by atoms with van der Waals surface area (Å²) in [6, 6.07) is 15.3. The number of allylic oxidation sites excluding steroid dienone is 1. The Morgan fingerprint density at radius 3 is 2.75 bits per heavy atom. The van der Waals surface area contributed by atoms with Crippen molar-refractivity contribution >= 4 is 56.6 Å². The summed E-state index contributed by atoms with van der Waals surface area (Å²) in [5, 5.41) is 2.92. The standard InChI is InChI=1S/C27H26N6O2S/c1-18-3-2-4-19(15-18)21(28)7-10-30-25-17-23(33-11-13-35-14-12-33)26-22(32-25)16-24(36-26)27(34)31-20-5-8-29-9-6-20/h2-10,15-17H,11-14,28H2,1H3,(H,29,31,34)/b21-7-,30-10?. The number of nitrogens with two attached hydrogens (primary N) is 1. The van der Waals surface area contributed by atoms with E-state index in [1.54, 1.807) is 36.8 Å². The zero-order valence-corrected chi connectivity index (χ0v) is 20.7. The third kappa shape index (κ3) is 5.42. The number of nitrogens with zero attached hydrogens (tertiary/aromatic N) is 4. The molecule has 182 valence electrons. The summed E-state index contributed by atoms with van der Waals surface area (Å²) in [6.45, 7) is 4.86. The summed E-state index contributed by atoms with van der Waals surface area (Å²) in [5.74, 6) is 0.368. The minimum absolute atomic E-state index is 0.184. The number of aryl methyl sites for hydroxylation is 1. The fourth-order valence-corrected chi connectivity index (χ4v) is 4.99. The van der Waals surface area contributed by atoms with E-state index >= 15 is 0 Å². The number of hydrogen-bond acceptors (Lipinski definition) is 8. The highest BCUT2D eigenvalue weighted by molar-refractivity contribution is 7.21. The van der Waals surface area contributed by atoms with E-state index in [-0.39, 0.29) is 5.91 Å². The van der Waals surface area contributed by atoms with Gasteiger partial charge in [0, 0.05) is 49.1 Å². The molecule has 9 heteroatoms. The normalized spacial score (nSPS) is 14.5. The van der Waals surface area contributed by atoms with Gasteiger partial charge in [-0.25, -0.2) is 9.98 Å². The molecule has 0 spiro atoms. The third-order valence-corrected chi connectivity index (χ3v) is 6.92. The Morgan fingerprint density at radius 1 is 1.17 bits per heavy atom. The summed E-state index contributed by atoms with van der Waals surface area (Å²) in [7, 11) is 0. The van der Waals surface area contributed by atoms with Gasteiger partial charge in [-0.1, -0.05) is 23.8 Å². The van der Waals surface area contributed by atoms with Crippen molar-refractivity contribution in [3.8, 4) is 0 Å². The molecule has 0 atom stereocenters. The van der Waals surface area contributed by atoms with E-state index in [1.165, 1.54) is 11.3 Å². The predicted octanol–water partition coefficient (Wildman–Crippen LogP) is 4.79. The zero-order valence-electron chi connectivity index (χ0n) is 19.8. The number of benzene rings is 1. The van der Waals surface area contributed by atoms with E-state index in [9.17, 15) is 4.79 Å². The van der Waals surface area contributed by atoms with Crippen LogP contribution in [0.4, 0.5) is 17.2 Å². The molecule has 0 bridgehead atoms. The van der Waals surface area contributed by atoms with Gasteiger partial charge in [-0.15, -0.1) is 11.3 Å². The molecular weight excluding hydrogens is 472 g/mol. The number of aromatic nitrogens is 2. The molecule has 4 aromatic rings. The largest absolute Gasteiger partial charge is 0.398 e. The van der Waals surface area contributed by atoms with Crippen molar-refractivity contribution < 1.29 is 9.53 Å². The molecular formula is C27H26N6O2S.